The van der Waals surface area contributed by atoms with Crippen LogP contribution in [0.15, 0.2) is 48.8 Å². The number of anilines is 1. The molecule has 31 heavy (non-hydrogen) atoms. The second kappa shape index (κ2) is 8.46. The Kier molecular flexibility index (Phi) is 5.72. The molecule has 1 saturated heterocycles. The third-order valence-electron chi connectivity index (χ3n) is 6.00. The van der Waals surface area contributed by atoms with E-state index in [0.29, 0.717) is 18.3 Å². The van der Waals surface area contributed by atoms with Gasteiger partial charge in [-0.1, -0.05) is 38.1 Å². The molecule has 3 heterocycles. The molecule has 2 aliphatic heterocycles. The predicted molar refractivity (Wildman–Crippen MR) is 121 cm³/mol. The first-order chi connectivity index (χ1) is 15.0. The van der Waals surface area contributed by atoms with E-state index in [2.05, 4.69) is 22.4 Å². The number of nitrogens with zero attached hydrogens (tertiary/aromatic N) is 2. The quantitative estimate of drug-likeness (QED) is 0.709. The Morgan fingerprint density at radius 3 is 2.58 bits per heavy atom. The number of carbonyl (C=O) groups is 3. The van der Waals surface area contributed by atoms with Crippen LogP contribution >= 0.6 is 0 Å². The fraction of sp³-hybridized carbons (Fsp3) is 0.360. The summed E-state index contributed by atoms with van der Waals surface area (Å²) in [5.41, 5.74) is 5.03. The zero-order chi connectivity index (χ0) is 22.1. The molecule has 162 valence electrons. The first kappa shape index (κ1) is 21.0. The molecule has 1 N–H and O–H groups in total. The van der Waals surface area contributed by atoms with Crippen molar-refractivity contribution in [2.24, 2.45) is 5.92 Å². The second-order valence-electron chi connectivity index (χ2n) is 8.00. The molecule has 0 radical (unpaired) electrons. The van der Waals surface area contributed by atoms with E-state index < -0.39 is 6.04 Å². The first-order valence-corrected chi connectivity index (χ1v) is 10.9. The standard InChI is InChI=1S/C17H14N2O3.C6H7N.C2H6.H2/c20-14-5-4-13(16(21)18-14)19-12-3-1-2-9-10-6-8(10)7-11(15(9)12)17(19)22;1-6-3-2-4-7-5-6;1-2;/h1-3,7-8,10,13H,4-6H2,(H,18,20,21);2-5H,1H3;1-2H3;1H. The van der Waals surface area contributed by atoms with Crippen molar-refractivity contribution in [2.45, 2.75) is 52.0 Å². The van der Waals surface area contributed by atoms with Gasteiger partial charge in [-0.15, -0.1) is 0 Å². The van der Waals surface area contributed by atoms with E-state index in [1.54, 1.807) is 11.1 Å². The average molecular weight is 420 g/mol. The van der Waals surface area contributed by atoms with E-state index in [1.165, 1.54) is 11.1 Å². The minimum absolute atomic E-state index is 0. The summed E-state index contributed by atoms with van der Waals surface area (Å²) in [5, 5.41) is 2.35. The molecule has 1 aromatic carbocycles. The Balaban J connectivity index is 0.000000248. The highest BCUT2D eigenvalue weighted by Gasteiger charge is 2.50. The van der Waals surface area contributed by atoms with Crippen molar-refractivity contribution >= 4 is 29.0 Å². The third kappa shape index (κ3) is 3.78. The third-order valence-corrected chi connectivity index (χ3v) is 6.00. The van der Waals surface area contributed by atoms with Gasteiger partial charge in [-0.25, -0.2) is 0 Å². The van der Waals surface area contributed by atoms with Crippen molar-refractivity contribution in [1.29, 1.82) is 0 Å². The van der Waals surface area contributed by atoms with Gasteiger partial charge in [0.2, 0.25) is 11.8 Å². The lowest BCUT2D eigenvalue weighted by atomic mass is 9.91. The van der Waals surface area contributed by atoms with Crippen LogP contribution in [0.3, 0.4) is 0 Å². The second-order valence-corrected chi connectivity index (χ2v) is 8.00. The van der Waals surface area contributed by atoms with Crippen molar-refractivity contribution < 1.29 is 15.8 Å². The van der Waals surface area contributed by atoms with Gasteiger partial charge in [0.1, 0.15) is 6.04 Å². The van der Waals surface area contributed by atoms with Crippen molar-refractivity contribution in [3.63, 3.8) is 0 Å². The zero-order valence-electron chi connectivity index (χ0n) is 18.1. The lowest BCUT2D eigenvalue weighted by Gasteiger charge is -2.29. The SMILES string of the molecule is CC.Cc1cccnc1.O=C1CCC(N2C(=O)C3=CC4CC4c4cccc2c43)C(=O)N1.[HH]. The Morgan fingerprint density at radius 2 is 1.94 bits per heavy atom. The fourth-order valence-electron chi connectivity index (χ4n) is 4.52. The Morgan fingerprint density at radius 1 is 1.13 bits per heavy atom. The topological polar surface area (TPSA) is 79.4 Å². The molecule has 4 aliphatic rings. The summed E-state index contributed by atoms with van der Waals surface area (Å²) in [4.78, 5) is 41.9. The van der Waals surface area contributed by atoms with Gasteiger partial charge in [0.15, 0.2) is 0 Å². The highest BCUT2D eigenvalue weighted by Crippen LogP contribution is 2.58. The number of hydrogen-bond donors (Lipinski definition) is 1. The van der Waals surface area contributed by atoms with Crippen LogP contribution in [0.5, 0.6) is 0 Å². The van der Waals surface area contributed by atoms with Crippen LogP contribution in [-0.2, 0) is 14.4 Å². The number of hydrogen-bond acceptors (Lipinski definition) is 4. The number of pyridine rings is 1. The van der Waals surface area contributed by atoms with Gasteiger partial charge in [0, 0.05) is 31.4 Å². The number of nitrogens with one attached hydrogen (secondary N) is 1. The normalized spacial score (nSPS) is 24.5. The summed E-state index contributed by atoms with van der Waals surface area (Å²) in [6, 6.07) is 9.33. The van der Waals surface area contributed by atoms with Gasteiger partial charge in [-0.3, -0.25) is 29.6 Å². The molecule has 3 atom stereocenters. The largest absolute Gasteiger partial charge is 0.295 e. The van der Waals surface area contributed by atoms with Gasteiger partial charge in [-0.2, -0.15) is 0 Å². The van der Waals surface area contributed by atoms with E-state index in [4.69, 9.17) is 0 Å². The van der Waals surface area contributed by atoms with Crippen LogP contribution in [0, 0.1) is 12.8 Å². The van der Waals surface area contributed by atoms with Crippen LogP contribution in [0.1, 0.15) is 57.1 Å². The molecule has 1 saturated carbocycles. The summed E-state index contributed by atoms with van der Waals surface area (Å²) in [6.07, 6.45) is 7.46. The van der Waals surface area contributed by atoms with Gasteiger partial charge in [-0.05, 0) is 54.9 Å². The number of fused-ring (bicyclic) bond motifs is 2. The number of benzene rings is 1. The summed E-state index contributed by atoms with van der Waals surface area (Å²) in [6.45, 7) is 6.02. The number of piperidine rings is 1. The molecule has 6 heteroatoms. The van der Waals surface area contributed by atoms with Crippen molar-refractivity contribution in [1.82, 2.24) is 10.3 Å². The maximum atomic E-state index is 12.9. The van der Waals surface area contributed by atoms with Crippen LogP contribution in [0.4, 0.5) is 5.69 Å². The van der Waals surface area contributed by atoms with Crippen molar-refractivity contribution in [2.75, 3.05) is 4.90 Å². The number of amides is 3. The predicted octanol–water partition coefficient (Wildman–Crippen LogP) is 4.00. The van der Waals surface area contributed by atoms with Crippen molar-refractivity contribution in [3.8, 4) is 0 Å². The lowest BCUT2D eigenvalue weighted by Crippen LogP contribution is -2.53. The maximum Gasteiger partial charge on any atom is 0.259 e. The Hall–Kier alpha value is -3.28. The number of allylic oxidation sites excluding steroid dienone is 1. The highest BCUT2D eigenvalue weighted by atomic mass is 16.2. The van der Waals surface area contributed by atoms with Crippen LogP contribution in [0.25, 0.3) is 5.57 Å². The lowest BCUT2D eigenvalue weighted by molar-refractivity contribution is -0.135. The zero-order valence-corrected chi connectivity index (χ0v) is 18.1. The van der Waals surface area contributed by atoms with E-state index in [0.717, 1.165) is 23.2 Å². The maximum absolute atomic E-state index is 12.9. The van der Waals surface area contributed by atoms with E-state index in [-0.39, 0.29) is 25.6 Å². The minimum atomic E-state index is -0.584. The molecule has 6 rings (SSSR count). The molecule has 2 fully saturated rings. The Labute approximate surface area is 183 Å². The van der Waals surface area contributed by atoms with Crippen LogP contribution in [0.2, 0.25) is 0 Å². The molecular formula is C25H29N3O3. The van der Waals surface area contributed by atoms with Gasteiger partial charge < -0.3 is 0 Å². The van der Waals surface area contributed by atoms with Crippen LogP contribution < -0.4 is 10.2 Å². The van der Waals surface area contributed by atoms with E-state index in [1.807, 2.05) is 51.2 Å². The molecular weight excluding hydrogens is 390 g/mol. The number of carbonyl (C=O) groups excluding carboxylic acids is 3. The molecule has 6 nitrogen and oxygen atoms in total. The molecule has 0 spiro atoms. The smallest absolute Gasteiger partial charge is 0.259 e. The molecule has 2 aliphatic carbocycles. The number of rotatable bonds is 1. The molecule has 2 aromatic rings. The van der Waals surface area contributed by atoms with Gasteiger partial charge >= 0.3 is 0 Å². The summed E-state index contributed by atoms with van der Waals surface area (Å²) in [5.74, 6) is 0.286. The number of aromatic nitrogens is 1. The molecule has 3 unspecified atom stereocenters. The Bertz CT molecular complexity index is 1070. The summed E-state index contributed by atoms with van der Waals surface area (Å²) < 4.78 is 0. The monoisotopic (exact) mass is 419 g/mol. The van der Waals surface area contributed by atoms with E-state index in [9.17, 15) is 14.4 Å². The average Bonchev–Trinajstić information content (AvgIpc) is 3.52. The number of imide groups is 1. The minimum Gasteiger partial charge on any atom is -0.295 e. The fourth-order valence-corrected chi connectivity index (χ4v) is 4.52. The molecule has 3 amide bonds. The first-order valence-electron chi connectivity index (χ1n) is 10.9. The summed E-state index contributed by atoms with van der Waals surface area (Å²) in [7, 11) is 0. The van der Waals surface area contributed by atoms with Gasteiger partial charge in [0.05, 0.1) is 5.69 Å². The van der Waals surface area contributed by atoms with E-state index >= 15 is 0 Å². The molecule has 0 bridgehead atoms. The highest BCUT2D eigenvalue weighted by molar-refractivity contribution is 6.35. The summed E-state index contributed by atoms with van der Waals surface area (Å²) >= 11 is 0. The van der Waals surface area contributed by atoms with Crippen molar-refractivity contribution in [3.05, 3.63) is 65.5 Å². The molecule has 1 aromatic heterocycles. The number of aryl methyl sites for hydroxylation is 1. The van der Waals surface area contributed by atoms with Gasteiger partial charge in [0.25, 0.3) is 5.91 Å². The van der Waals surface area contributed by atoms with Crippen LogP contribution in [-0.4, -0.2) is 28.7 Å².